The molecule has 0 atom stereocenters. The lowest BCUT2D eigenvalue weighted by molar-refractivity contribution is 0.103. The molecule has 0 amide bonds. The van der Waals surface area contributed by atoms with Gasteiger partial charge >= 0.3 is 0 Å². The fraction of sp³-hybridized carbons (Fsp3) is 0.188. The standard InChI is InChI=1S/C16H14F2O/c1-9-5-4-6-10(2)15(9)16(19)12-7-11(3)13(17)8-14(12)18/h4-8H,1-3H3. The predicted octanol–water partition coefficient (Wildman–Crippen LogP) is 4.12. The summed E-state index contributed by atoms with van der Waals surface area (Å²) in [6.07, 6.45) is 0. The highest BCUT2D eigenvalue weighted by atomic mass is 19.1. The molecule has 0 spiro atoms. The van der Waals surface area contributed by atoms with Gasteiger partial charge in [-0.2, -0.15) is 0 Å². The lowest BCUT2D eigenvalue weighted by atomic mass is 9.94. The normalized spacial score (nSPS) is 10.6. The second-order valence-electron chi connectivity index (χ2n) is 4.68. The van der Waals surface area contributed by atoms with Crippen LogP contribution in [0.3, 0.4) is 0 Å². The van der Waals surface area contributed by atoms with Gasteiger partial charge in [0.1, 0.15) is 11.6 Å². The van der Waals surface area contributed by atoms with Crippen molar-refractivity contribution in [1.82, 2.24) is 0 Å². The van der Waals surface area contributed by atoms with Gasteiger partial charge in [-0.05, 0) is 43.5 Å². The van der Waals surface area contributed by atoms with E-state index < -0.39 is 17.4 Å². The Balaban J connectivity index is 2.60. The molecule has 2 aromatic rings. The van der Waals surface area contributed by atoms with E-state index in [2.05, 4.69) is 0 Å². The van der Waals surface area contributed by atoms with Crippen molar-refractivity contribution in [3.63, 3.8) is 0 Å². The largest absolute Gasteiger partial charge is 0.288 e. The maximum atomic E-state index is 13.8. The molecule has 0 aromatic heterocycles. The van der Waals surface area contributed by atoms with Gasteiger partial charge in [0.15, 0.2) is 5.78 Å². The Bertz CT molecular complexity index is 640. The van der Waals surface area contributed by atoms with Crippen LogP contribution in [-0.2, 0) is 0 Å². The molecule has 0 aliphatic rings. The monoisotopic (exact) mass is 260 g/mol. The van der Waals surface area contributed by atoms with E-state index in [1.54, 1.807) is 26.0 Å². The van der Waals surface area contributed by atoms with Crippen molar-refractivity contribution in [2.45, 2.75) is 20.8 Å². The summed E-state index contributed by atoms with van der Waals surface area (Å²) in [5.41, 5.74) is 2.22. The molecule has 0 aliphatic heterocycles. The van der Waals surface area contributed by atoms with Gasteiger partial charge in [-0.3, -0.25) is 4.79 Å². The Morgan fingerprint density at radius 1 is 0.895 bits per heavy atom. The highest BCUT2D eigenvalue weighted by Gasteiger charge is 2.19. The molecule has 0 aliphatic carbocycles. The molecule has 3 heteroatoms. The lowest BCUT2D eigenvalue weighted by Gasteiger charge is -2.10. The van der Waals surface area contributed by atoms with Crippen LogP contribution in [0.2, 0.25) is 0 Å². The van der Waals surface area contributed by atoms with Crippen LogP contribution in [0.25, 0.3) is 0 Å². The summed E-state index contributed by atoms with van der Waals surface area (Å²) in [6, 6.07) is 7.46. The average molecular weight is 260 g/mol. The second kappa shape index (κ2) is 4.92. The molecule has 0 unspecified atom stereocenters. The topological polar surface area (TPSA) is 17.1 Å². The third-order valence-electron chi connectivity index (χ3n) is 3.20. The molecule has 0 saturated carbocycles. The van der Waals surface area contributed by atoms with Gasteiger partial charge in [-0.1, -0.05) is 18.2 Å². The first kappa shape index (κ1) is 13.4. The van der Waals surface area contributed by atoms with Crippen molar-refractivity contribution in [1.29, 1.82) is 0 Å². The SMILES string of the molecule is Cc1cc(C(=O)c2c(C)cccc2C)c(F)cc1F. The van der Waals surface area contributed by atoms with Crippen LogP contribution >= 0.6 is 0 Å². The number of benzene rings is 2. The zero-order valence-corrected chi connectivity index (χ0v) is 11.1. The van der Waals surface area contributed by atoms with Crippen molar-refractivity contribution in [2.75, 3.05) is 0 Å². The smallest absolute Gasteiger partial charge is 0.196 e. The molecule has 98 valence electrons. The fourth-order valence-electron chi connectivity index (χ4n) is 2.14. The Kier molecular flexibility index (Phi) is 3.47. The summed E-state index contributed by atoms with van der Waals surface area (Å²) in [4.78, 5) is 12.4. The van der Waals surface area contributed by atoms with Gasteiger partial charge in [-0.15, -0.1) is 0 Å². The van der Waals surface area contributed by atoms with Gasteiger partial charge < -0.3 is 0 Å². The first-order valence-electron chi connectivity index (χ1n) is 5.98. The average Bonchev–Trinajstić information content (AvgIpc) is 2.33. The van der Waals surface area contributed by atoms with E-state index >= 15 is 0 Å². The predicted molar refractivity (Wildman–Crippen MR) is 70.4 cm³/mol. The fourth-order valence-corrected chi connectivity index (χ4v) is 2.14. The van der Waals surface area contributed by atoms with Gasteiger partial charge in [-0.25, -0.2) is 8.78 Å². The van der Waals surface area contributed by atoms with Crippen LogP contribution in [-0.4, -0.2) is 5.78 Å². The van der Waals surface area contributed by atoms with Crippen LogP contribution in [0.4, 0.5) is 8.78 Å². The maximum absolute atomic E-state index is 13.8. The van der Waals surface area contributed by atoms with E-state index in [0.29, 0.717) is 5.56 Å². The van der Waals surface area contributed by atoms with E-state index in [-0.39, 0.29) is 11.1 Å². The van der Waals surface area contributed by atoms with Crippen LogP contribution in [0.1, 0.15) is 32.6 Å². The summed E-state index contributed by atoms with van der Waals surface area (Å²) in [6.45, 7) is 5.11. The van der Waals surface area contributed by atoms with E-state index in [9.17, 15) is 13.6 Å². The summed E-state index contributed by atoms with van der Waals surface area (Å²) < 4.78 is 27.0. The molecule has 19 heavy (non-hydrogen) atoms. The third kappa shape index (κ3) is 2.41. The molecule has 0 bridgehead atoms. The Morgan fingerprint density at radius 2 is 1.47 bits per heavy atom. The van der Waals surface area contributed by atoms with Crippen LogP contribution < -0.4 is 0 Å². The molecule has 0 saturated heterocycles. The quantitative estimate of drug-likeness (QED) is 0.742. The minimum absolute atomic E-state index is 0.0868. The minimum atomic E-state index is -0.823. The zero-order valence-electron chi connectivity index (χ0n) is 11.1. The van der Waals surface area contributed by atoms with Crippen molar-refractivity contribution >= 4 is 5.78 Å². The van der Waals surface area contributed by atoms with Gasteiger partial charge in [0.25, 0.3) is 0 Å². The highest BCUT2D eigenvalue weighted by molar-refractivity contribution is 6.11. The van der Waals surface area contributed by atoms with Gasteiger partial charge in [0.05, 0.1) is 5.56 Å². The zero-order chi connectivity index (χ0) is 14.2. The van der Waals surface area contributed by atoms with E-state index in [1.807, 2.05) is 6.07 Å². The van der Waals surface area contributed by atoms with Crippen LogP contribution in [0.15, 0.2) is 30.3 Å². The minimum Gasteiger partial charge on any atom is -0.288 e. The summed E-state index contributed by atoms with van der Waals surface area (Å²) in [7, 11) is 0. The highest BCUT2D eigenvalue weighted by Crippen LogP contribution is 2.22. The van der Waals surface area contributed by atoms with Crippen molar-refractivity contribution in [3.8, 4) is 0 Å². The summed E-state index contributed by atoms with van der Waals surface area (Å²) >= 11 is 0. The third-order valence-corrected chi connectivity index (χ3v) is 3.20. The number of halogens is 2. The Labute approximate surface area is 110 Å². The molecular weight excluding hydrogens is 246 g/mol. The summed E-state index contributed by atoms with van der Waals surface area (Å²) in [5.74, 6) is -1.87. The number of hydrogen-bond acceptors (Lipinski definition) is 1. The molecule has 0 N–H and O–H groups in total. The van der Waals surface area contributed by atoms with Gasteiger partial charge in [0.2, 0.25) is 0 Å². The Hall–Kier alpha value is -2.03. The second-order valence-corrected chi connectivity index (χ2v) is 4.68. The summed E-state index contributed by atoms with van der Waals surface area (Å²) in [5, 5.41) is 0. The molecule has 1 nitrogen and oxygen atoms in total. The van der Waals surface area contributed by atoms with Gasteiger partial charge in [0, 0.05) is 11.6 Å². The number of rotatable bonds is 2. The first-order valence-corrected chi connectivity index (χ1v) is 5.98. The van der Waals surface area contributed by atoms with Crippen molar-refractivity contribution in [2.24, 2.45) is 0 Å². The lowest BCUT2D eigenvalue weighted by Crippen LogP contribution is -2.09. The van der Waals surface area contributed by atoms with E-state index in [4.69, 9.17) is 0 Å². The number of aryl methyl sites for hydroxylation is 3. The molecule has 0 heterocycles. The molecular formula is C16H14F2O. The Morgan fingerprint density at radius 3 is 2.05 bits per heavy atom. The van der Waals surface area contributed by atoms with Crippen molar-refractivity contribution in [3.05, 3.63) is 69.8 Å². The number of carbonyl (C=O) groups is 1. The first-order chi connectivity index (χ1) is 8.91. The van der Waals surface area contributed by atoms with Crippen molar-refractivity contribution < 1.29 is 13.6 Å². The molecule has 0 radical (unpaired) electrons. The maximum Gasteiger partial charge on any atom is 0.196 e. The van der Waals surface area contributed by atoms with Crippen LogP contribution in [0.5, 0.6) is 0 Å². The van der Waals surface area contributed by atoms with E-state index in [1.165, 1.54) is 13.0 Å². The molecule has 2 aromatic carbocycles. The van der Waals surface area contributed by atoms with E-state index in [0.717, 1.165) is 17.2 Å². The molecule has 2 rings (SSSR count). The van der Waals surface area contributed by atoms with Crippen LogP contribution in [0, 0.1) is 32.4 Å². The number of ketones is 1. The number of carbonyl (C=O) groups excluding carboxylic acids is 1. The number of hydrogen-bond donors (Lipinski definition) is 0. The molecule has 0 fully saturated rings.